The smallest absolute Gasteiger partial charge is 0.335 e. The number of carboxylic acids is 1. The summed E-state index contributed by atoms with van der Waals surface area (Å²) in [7, 11) is 0. The maximum atomic E-state index is 10.4. The second-order valence-electron chi connectivity index (χ2n) is 14.1. The molecule has 0 aromatic heterocycles. The molecule has 0 radical (unpaired) electrons. The highest BCUT2D eigenvalue weighted by atomic mass is 16.6. The van der Waals surface area contributed by atoms with Crippen LogP contribution in [0.1, 0.15) is 91.9 Å². The SMILES string of the molecule is C=C1C(=CC=C2CCC[C@]3(C)[C@@H]2CC[C@@H]3[C@H](C)CCCC(C)(C)O)C[C@@H](O)C[C@@H]1O.O=C(O)[C@H]1O[C@@H](O)[C@H](O)[C@@H](O)[C@@H]1O. The molecule has 4 fully saturated rings. The number of rotatable bonds is 7. The van der Waals surface area contributed by atoms with Crippen LogP contribution in [0, 0.1) is 23.2 Å². The summed E-state index contributed by atoms with van der Waals surface area (Å²) in [5.74, 6) is 0.589. The first kappa shape index (κ1) is 35.8. The Bertz CT molecular complexity index is 1030. The average Bonchev–Trinajstić information content (AvgIpc) is 3.27. The van der Waals surface area contributed by atoms with Gasteiger partial charge in [0.15, 0.2) is 12.4 Å². The molecule has 1 saturated heterocycles. The number of carbonyl (C=O) groups is 1. The number of aliphatic hydroxyl groups excluding tert-OH is 6. The fourth-order valence-corrected chi connectivity index (χ4v) is 7.80. The van der Waals surface area contributed by atoms with Crippen molar-refractivity contribution in [2.75, 3.05) is 0 Å². The molecule has 1 heterocycles. The third-order valence-electron chi connectivity index (χ3n) is 10.3. The maximum Gasteiger partial charge on any atom is 0.335 e. The number of ether oxygens (including phenoxy) is 1. The normalized spacial score (nSPS) is 41.0. The number of fused-ring (bicyclic) bond motifs is 1. The molecule has 3 saturated carbocycles. The van der Waals surface area contributed by atoms with Gasteiger partial charge in [0, 0.05) is 6.42 Å². The van der Waals surface area contributed by atoms with Gasteiger partial charge in [-0.1, -0.05) is 51.0 Å². The maximum absolute atomic E-state index is 10.4. The van der Waals surface area contributed by atoms with E-state index in [-0.39, 0.29) is 0 Å². The van der Waals surface area contributed by atoms with Crippen LogP contribution in [0.4, 0.5) is 0 Å². The highest BCUT2D eigenvalue weighted by Gasteiger charge is 2.50. The molecular weight excluding hydrogens is 556 g/mol. The van der Waals surface area contributed by atoms with Gasteiger partial charge in [-0.3, -0.25) is 0 Å². The summed E-state index contributed by atoms with van der Waals surface area (Å²) in [6.45, 7) is 12.8. The lowest BCUT2D eigenvalue weighted by atomic mass is 9.60. The average molecular weight is 611 g/mol. The standard InChI is InChI=1S/C27H44O3.C6H10O7/c1-18(8-6-14-26(3,4)30)23-12-13-24-20(9-7-15-27(23,24)5)10-11-21-16-22(28)17-25(29)19(21)2;7-1-2(8)4(5(10)11)13-6(12)3(1)9/h10-11,18,22-25,28-30H,2,6-9,12-17H2,1,3-5H3;1-4,6-9,12H,(H,10,11)/t18-,22-,23-,24-,25+,27+;1-,2-,3+,4-,6+/m10/s1. The highest BCUT2D eigenvalue weighted by molar-refractivity contribution is 5.73. The molecule has 0 aromatic rings. The molecule has 11 atom stereocenters. The van der Waals surface area contributed by atoms with E-state index >= 15 is 0 Å². The largest absolute Gasteiger partial charge is 0.479 e. The van der Waals surface area contributed by atoms with Crippen LogP contribution in [0.3, 0.4) is 0 Å². The van der Waals surface area contributed by atoms with Crippen molar-refractivity contribution >= 4 is 5.97 Å². The van der Waals surface area contributed by atoms with Crippen molar-refractivity contribution < 1.29 is 50.4 Å². The summed E-state index contributed by atoms with van der Waals surface area (Å²) in [6.07, 6.45) is 5.14. The first-order valence-electron chi connectivity index (χ1n) is 15.7. The molecule has 3 aliphatic carbocycles. The Hall–Kier alpha value is -1.63. The van der Waals surface area contributed by atoms with E-state index in [4.69, 9.17) is 25.5 Å². The van der Waals surface area contributed by atoms with E-state index in [0.29, 0.717) is 30.1 Å². The van der Waals surface area contributed by atoms with E-state index < -0.39 is 54.5 Å². The lowest BCUT2D eigenvalue weighted by molar-refractivity contribution is -0.279. The highest BCUT2D eigenvalue weighted by Crippen LogP contribution is 2.60. The van der Waals surface area contributed by atoms with Gasteiger partial charge >= 0.3 is 5.97 Å². The van der Waals surface area contributed by atoms with Gasteiger partial charge in [0.2, 0.25) is 0 Å². The molecule has 43 heavy (non-hydrogen) atoms. The molecule has 10 nitrogen and oxygen atoms in total. The van der Waals surface area contributed by atoms with Crippen LogP contribution in [0.25, 0.3) is 0 Å². The second-order valence-corrected chi connectivity index (χ2v) is 14.1. The zero-order valence-electron chi connectivity index (χ0n) is 26.1. The van der Waals surface area contributed by atoms with Crippen molar-refractivity contribution in [1.29, 1.82) is 0 Å². The summed E-state index contributed by atoms with van der Waals surface area (Å²) in [4.78, 5) is 10.4. The van der Waals surface area contributed by atoms with Crippen LogP contribution < -0.4 is 0 Å². The molecule has 8 N–H and O–H groups in total. The van der Waals surface area contributed by atoms with Crippen molar-refractivity contribution in [1.82, 2.24) is 0 Å². The van der Waals surface area contributed by atoms with E-state index in [1.807, 2.05) is 13.8 Å². The van der Waals surface area contributed by atoms with Crippen LogP contribution in [-0.2, 0) is 9.53 Å². The van der Waals surface area contributed by atoms with E-state index in [2.05, 4.69) is 37.3 Å². The quantitative estimate of drug-likeness (QED) is 0.213. The van der Waals surface area contributed by atoms with Gasteiger partial charge in [-0.05, 0) is 93.1 Å². The van der Waals surface area contributed by atoms with E-state index in [0.717, 1.165) is 29.9 Å². The molecular formula is C33H54O10. The van der Waals surface area contributed by atoms with Crippen LogP contribution >= 0.6 is 0 Å². The summed E-state index contributed by atoms with van der Waals surface area (Å²) < 4.78 is 4.34. The van der Waals surface area contributed by atoms with E-state index in [9.17, 15) is 20.1 Å². The minimum atomic E-state index is -1.81. The molecule has 4 aliphatic rings. The Kier molecular flexibility index (Phi) is 12.2. The van der Waals surface area contributed by atoms with Gasteiger partial charge in [-0.15, -0.1) is 0 Å². The number of hydrogen-bond donors (Lipinski definition) is 8. The number of carboxylic acid groups (broad SMARTS) is 1. The first-order valence-corrected chi connectivity index (χ1v) is 15.7. The van der Waals surface area contributed by atoms with Crippen molar-refractivity contribution in [3.05, 3.63) is 35.5 Å². The van der Waals surface area contributed by atoms with Gasteiger partial charge in [0.25, 0.3) is 0 Å². The third-order valence-corrected chi connectivity index (χ3v) is 10.3. The molecule has 10 heteroatoms. The molecule has 246 valence electrons. The number of hydrogen-bond acceptors (Lipinski definition) is 9. The molecule has 1 aliphatic heterocycles. The van der Waals surface area contributed by atoms with Gasteiger partial charge in [-0.25, -0.2) is 4.79 Å². The Morgan fingerprint density at radius 1 is 1.09 bits per heavy atom. The van der Waals surface area contributed by atoms with Gasteiger partial charge in [0.05, 0.1) is 17.8 Å². The Morgan fingerprint density at radius 2 is 1.77 bits per heavy atom. The Labute approximate surface area is 255 Å². The summed E-state index contributed by atoms with van der Waals surface area (Å²) in [5.41, 5.74) is 3.17. The minimum absolute atomic E-state index is 0.374. The van der Waals surface area contributed by atoms with Crippen LogP contribution in [0.5, 0.6) is 0 Å². The Morgan fingerprint density at radius 3 is 2.40 bits per heavy atom. The van der Waals surface area contributed by atoms with Gasteiger partial charge in [0.1, 0.15) is 18.3 Å². The topological polar surface area (TPSA) is 188 Å². The lowest BCUT2D eigenvalue weighted by Gasteiger charge is -2.44. The van der Waals surface area contributed by atoms with Gasteiger partial charge in [-0.2, -0.15) is 0 Å². The van der Waals surface area contributed by atoms with Crippen molar-refractivity contribution in [2.45, 2.75) is 140 Å². The molecule has 0 unspecified atom stereocenters. The molecule has 0 bridgehead atoms. The summed E-state index contributed by atoms with van der Waals surface area (Å²) in [5, 5.41) is 74.6. The van der Waals surface area contributed by atoms with Crippen molar-refractivity contribution in [3.8, 4) is 0 Å². The van der Waals surface area contributed by atoms with Crippen LogP contribution in [0.2, 0.25) is 0 Å². The molecule has 0 aromatic carbocycles. The van der Waals surface area contributed by atoms with Crippen molar-refractivity contribution in [2.24, 2.45) is 23.2 Å². The summed E-state index contributed by atoms with van der Waals surface area (Å²) in [6, 6.07) is 0. The fourth-order valence-electron chi connectivity index (χ4n) is 7.80. The van der Waals surface area contributed by atoms with Gasteiger partial charge < -0.3 is 45.6 Å². The molecule has 4 rings (SSSR count). The third kappa shape index (κ3) is 8.76. The minimum Gasteiger partial charge on any atom is -0.479 e. The van der Waals surface area contributed by atoms with E-state index in [1.54, 1.807) is 5.57 Å². The predicted octanol–water partition coefficient (Wildman–Crippen LogP) is 2.58. The molecule has 0 spiro atoms. The second kappa shape index (κ2) is 14.6. The zero-order chi connectivity index (χ0) is 32.3. The number of aliphatic carboxylic acids is 1. The van der Waals surface area contributed by atoms with Crippen molar-refractivity contribution in [3.63, 3.8) is 0 Å². The number of aliphatic hydroxyl groups is 7. The van der Waals surface area contributed by atoms with Crippen LogP contribution in [0.15, 0.2) is 35.5 Å². The predicted molar refractivity (Wildman–Crippen MR) is 161 cm³/mol. The van der Waals surface area contributed by atoms with E-state index in [1.165, 1.54) is 38.5 Å². The van der Waals surface area contributed by atoms with Crippen LogP contribution in [-0.4, -0.2) is 95.3 Å². The first-order chi connectivity index (χ1) is 20.0. The number of allylic oxidation sites excluding steroid dienone is 3. The molecule has 0 amide bonds. The summed E-state index contributed by atoms with van der Waals surface area (Å²) >= 11 is 0. The monoisotopic (exact) mass is 610 g/mol. The lowest BCUT2D eigenvalue weighted by Crippen LogP contribution is -2.59. The zero-order valence-corrected chi connectivity index (χ0v) is 26.1. The fraction of sp³-hybridized carbons (Fsp3) is 0.788. The Balaban J connectivity index is 0.000000326.